The number of Topliss-reactive ketones (excluding diaryl/α,β-unsaturated/α-hetero) is 1. The molecule has 6 nitrogen and oxygen atoms in total. The lowest BCUT2D eigenvalue weighted by molar-refractivity contribution is -0.218. The van der Waals surface area contributed by atoms with Gasteiger partial charge in [-0.25, -0.2) is 0 Å². The maximum Gasteiger partial charge on any atom is 0.312 e. The van der Waals surface area contributed by atoms with E-state index >= 15 is 0 Å². The third kappa shape index (κ3) is 6.43. The van der Waals surface area contributed by atoms with Gasteiger partial charge in [0.1, 0.15) is 11.4 Å². The molecule has 4 bridgehead atoms. The number of benzene rings is 1. The molecule has 0 unspecified atom stereocenters. The summed E-state index contributed by atoms with van der Waals surface area (Å²) in [6.07, 6.45) is 9.18. The Labute approximate surface area is 228 Å². The van der Waals surface area contributed by atoms with Gasteiger partial charge in [0.25, 0.3) is 0 Å². The molecule has 6 heteroatoms. The van der Waals surface area contributed by atoms with Gasteiger partial charge < -0.3 is 14.6 Å². The number of phenolic OH excluding ortho intramolecular Hbond substituents is 1. The van der Waals surface area contributed by atoms with Crippen LogP contribution in [0.3, 0.4) is 0 Å². The second-order valence-corrected chi connectivity index (χ2v) is 13.0. The largest absolute Gasteiger partial charge is 0.508 e. The lowest BCUT2D eigenvalue weighted by atomic mass is 9.49. The molecule has 0 radical (unpaired) electrons. The van der Waals surface area contributed by atoms with Crippen LogP contribution in [-0.4, -0.2) is 35.0 Å². The van der Waals surface area contributed by atoms with Crippen LogP contribution in [0.5, 0.6) is 5.75 Å². The van der Waals surface area contributed by atoms with E-state index in [0.717, 1.165) is 24.7 Å². The first-order chi connectivity index (χ1) is 17.8. The zero-order valence-electron chi connectivity index (χ0n) is 24.5. The highest BCUT2D eigenvalue weighted by molar-refractivity contribution is 5.98. The lowest BCUT2D eigenvalue weighted by Gasteiger charge is -2.60. The minimum absolute atomic E-state index is 0.0149. The van der Waals surface area contributed by atoms with E-state index in [9.17, 15) is 19.5 Å². The molecule has 0 aromatic heterocycles. The van der Waals surface area contributed by atoms with Crippen LogP contribution < -0.4 is 0 Å². The van der Waals surface area contributed by atoms with Crippen molar-refractivity contribution in [2.24, 2.45) is 34.5 Å². The molecular formula is C32H48O6. The predicted octanol–water partition coefficient (Wildman–Crippen LogP) is 7.13. The van der Waals surface area contributed by atoms with Gasteiger partial charge in [-0.1, -0.05) is 32.9 Å². The third-order valence-electron chi connectivity index (χ3n) is 9.73. The average molecular weight is 529 g/mol. The first-order valence-corrected chi connectivity index (χ1v) is 14.5. The normalized spacial score (nSPS) is 27.8. The number of phenols is 1. The van der Waals surface area contributed by atoms with Gasteiger partial charge in [-0.3, -0.25) is 14.4 Å². The summed E-state index contributed by atoms with van der Waals surface area (Å²) in [5, 5.41) is 9.25. The first-order valence-electron chi connectivity index (χ1n) is 14.5. The second-order valence-electron chi connectivity index (χ2n) is 13.0. The number of hydrogen-bond acceptors (Lipinski definition) is 6. The van der Waals surface area contributed by atoms with Crippen molar-refractivity contribution in [2.75, 3.05) is 6.61 Å². The molecule has 38 heavy (non-hydrogen) atoms. The molecule has 0 saturated heterocycles. The predicted molar refractivity (Wildman–Crippen MR) is 148 cm³/mol. The number of carbonyl (C=O) groups is 3. The maximum atomic E-state index is 12.6. The van der Waals surface area contributed by atoms with Crippen LogP contribution in [0.2, 0.25) is 0 Å². The van der Waals surface area contributed by atoms with Gasteiger partial charge in [0.05, 0.1) is 10.8 Å². The third-order valence-corrected chi connectivity index (χ3v) is 9.73. The number of rotatable bonds is 9. The number of carbonyl (C=O) groups excluding carboxylic acids is 3. The van der Waals surface area contributed by atoms with Gasteiger partial charge in [-0.05, 0) is 115 Å². The average Bonchev–Trinajstić information content (AvgIpc) is 2.89. The van der Waals surface area contributed by atoms with Crippen LogP contribution in [0.1, 0.15) is 110 Å². The molecule has 4 saturated carbocycles. The zero-order valence-corrected chi connectivity index (χ0v) is 24.5. The molecule has 5 rings (SSSR count). The summed E-state index contributed by atoms with van der Waals surface area (Å²) >= 11 is 0. The summed E-state index contributed by atoms with van der Waals surface area (Å²) in [5.41, 5.74) is -0.718. The Hall–Kier alpha value is -2.37. The topological polar surface area (TPSA) is 89.9 Å². The van der Waals surface area contributed by atoms with Crippen LogP contribution in [0.4, 0.5) is 0 Å². The van der Waals surface area contributed by atoms with E-state index in [-0.39, 0.29) is 35.1 Å². The summed E-state index contributed by atoms with van der Waals surface area (Å²) in [7, 11) is 0. The van der Waals surface area contributed by atoms with Gasteiger partial charge in [-0.2, -0.15) is 0 Å². The number of aromatic hydroxyl groups is 1. The Morgan fingerprint density at radius 2 is 1.39 bits per heavy atom. The molecule has 0 amide bonds. The molecule has 0 heterocycles. The number of ketones is 1. The van der Waals surface area contributed by atoms with Crippen molar-refractivity contribution >= 4 is 17.7 Å². The summed E-state index contributed by atoms with van der Waals surface area (Å²) in [6.45, 7) is 13.5. The Morgan fingerprint density at radius 1 is 0.868 bits per heavy atom. The lowest BCUT2D eigenvalue weighted by Crippen LogP contribution is -2.60. The van der Waals surface area contributed by atoms with E-state index in [1.165, 1.54) is 44.2 Å². The zero-order chi connectivity index (χ0) is 28.3. The van der Waals surface area contributed by atoms with Crippen molar-refractivity contribution in [1.82, 2.24) is 0 Å². The summed E-state index contributed by atoms with van der Waals surface area (Å²) in [6, 6.07) is 5.96. The van der Waals surface area contributed by atoms with Gasteiger partial charge >= 0.3 is 11.9 Å². The standard InChI is InChI=1S/C18H30O2.C14H18O4/c1-5-17(3,4)16(19)20-18(6-2)14-8-12-7-13(10-14)11-15(18)9-12;1-4-14(2,3)13(17)18-9-12(16)10-6-5-7-11(15)8-10/h12-15H,5-11H2,1-4H3;5-8,15H,4,9H2,1-3H3. The van der Waals surface area contributed by atoms with Gasteiger partial charge in [0, 0.05) is 5.56 Å². The highest BCUT2D eigenvalue weighted by Crippen LogP contribution is 2.61. The smallest absolute Gasteiger partial charge is 0.312 e. The Morgan fingerprint density at radius 3 is 1.87 bits per heavy atom. The fraction of sp³-hybridized carbons (Fsp3) is 0.719. The van der Waals surface area contributed by atoms with Crippen molar-refractivity contribution in [3.8, 4) is 5.75 Å². The Bertz CT molecular complexity index is 979. The van der Waals surface area contributed by atoms with E-state index in [4.69, 9.17) is 9.47 Å². The number of ether oxygens (including phenoxy) is 2. The first kappa shape index (κ1) is 30.2. The fourth-order valence-corrected chi connectivity index (χ4v) is 6.49. The Balaban J connectivity index is 0.000000212. The SMILES string of the molecule is CCC(C)(C)C(=O)OC1(CC)C2CC3CC(C2)CC1C3.CCC(C)(C)C(=O)OCC(=O)c1cccc(O)c1. The Kier molecular flexibility index (Phi) is 9.36. The quantitative estimate of drug-likeness (QED) is 0.271. The summed E-state index contributed by atoms with van der Waals surface area (Å²) in [4.78, 5) is 36.0. The molecule has 1 aromatic rings. The van der Waals surface area contributed by atoms with Crippen LogP contribution in [0, 0.1) is 34.5 Å². The summed E-state index contributed by atoms with van der Waals surface area (Å²) in [5.74, 6) is 2.46. The van der Waals surface area contributed by atoms with Gasteiger partial charge in [0.15, 0.2) is 12.4 Å². The van der Waals surface area contributed by atoms with E-state index in [1.807, 2.05) is 20.8 Å². The monoisotopic (exact) mass is 528 g/mol. The molecule has 0 atom stereocenters. The van der Waals surface area contributed by atoms with Gasteiger partial charge in [-0.15, -0.1) is 0 Å². The molecule has 1 aromatic carbocycles. The molecule has 4 aliphatic carbocycles. The van der Waals surface area contributed by atoms with Crippen molar-refractivity contribution < 1.29 is 29.0 Å². The molecule has 0 aliphatic heterocycles. The van der Waals surface area contributed by atoms with Crippen molar-refractivity contribution in [2.45, 2.75) is 105 Å². The second kappa shape index (κ2) is 11.8. The summed E-state index contributed by atoms with van der Waals surface area (Å²) < 4.78 is 11.3. The van der Waals surface area contributed by atoms with E-state index < -0.39 is 11.4 Å². The van der Waals surface area contributed by atoms with Crippen LogP contribution in [0.25, 0.3) is 0 Å². The number of esters is 2. The van der Waals surface area contributed by atoms with Crippen molar-refractivity contribution in [1.29, 1.82) is 0 Å². The molecular weight excluding hydrogens is 480 g/mol. The van der Waals surface area contributed by atoms with E-state index in [1.54, 1.807) is 26.0 Å². The minimum Gasteiger partial charge on any atom is -0.508 e. The van der Waals surface area contributed by atoms with Crippen molar-refractivity contribution in [3.63, 3.8) is 0 Å². The fourth-order valence-electron chi connectivity index (χ4n) is 6.49. The van der Waals surface area contributed by atoms with E-state index in [0.29, 0.717) is 23.8 Å². The van der Waals surface area contributed by atoms with Crippen LogP contribution in [0.15, 0.2) is 24.3 Å². The van der Waals surface area contributed by atoms with Crippen LogP contribution >= 0.6 is 0 Å². The number of hydrogen-bond donors (Lipinski definition) is 1. The van der Waals surface area contributed by atoms with Crippen LogP contribution in [-0.2, 0) is 19.1 Å². The highest BCUT2D eigenvalue weighted by Gasteiger charge is 2.59. The molecule has 4 fully saturated rings. The molecule has 4 aliphatic rings. The molecule has 212 valence electrons. The van der Waals surface area contributed by atoms with Crippen molar-refractivity contribution in [3.05, 3.63) is 29.8 Å². The van der Waals surface area contributed by atoms with Gasteiger partial charge in [0.2, 0.25) is 0 Å². The highest BCUT2D eigenvalue weighted by atomic mass is 16.6. The maximum absolute atomic E-state index is 12.6. The van der Waals surface area contributed by atoms with E-state index in [2.05, 4.69) is 13.8 Å². The molecule has 1 N–H and O–H groups in total. The molecule has 0 spiro atoms. The minimum atomic E-state index is -0.584.